The summed E-state index contributed by atoms with van der Waals surface area (Å²) in [6.07, 6.45) is 10.9. The monoisotopic (exact) mass is 346 g/mol. The van der Waals surface area contributed by atoms with E-state index >= 15 is 0 Å². The van der Waals surface area contributed by atoms with Crippen molar-refractivity contribution in [1.82, 2.24) is 0 Å². The molecule has 0 heterocycles. The van der Waals surface area contributed by atoms with Crippen LogP contribution in [0.5, 0.6) is 0 Å². The molecule has 0 saturated carbocycles. The van der Waals surface area contributed by atoms with Crippen molar-refractivity contribution in [3.63, 3.8) is 0 Å². The molecule has 0 fully saturated rings. The van der Waals surface area contributed by atoms with E-state index in [0.29, 0.717) is 12.3 Å². The molecule has 3 heteroatoms. The standard InChI is InChI=1S/C21H34O2Si/c1-9-13-19(22)14-11-10-12-15-20(17-16-18(2)3)23-24(7,8)21(4,5)6/h9,13,15-18H,10,12H2,1-8H3/b13-9+,17-16+,20-15+. The number of hydrogen-bond acceptors (Lipinski definition) is 2. The van der Waals surface area contributed by atoms with Crippen LogP contribution in [-0.2, 0) is 9.22 Å². The van der Waals surface area contributed by atoms with Gasteiger partial charge in [0.1, 0.15) is 0 Å². The molecule has 0 aromatic rings. The van der Waals surface area contributed by atoms with Crippen molar-refractivity contribution in [3.8, 4) is 11.8 Å². The van der Waals surface area contributed by atoms with E-state index in [0.717, 1.165) is 12.2 Å². The molecule has 0 rings (SSSR count). The second-order valence-electron chi connectivity index (χ2n) is 7.78. The molecule has 0 atom stereocenters. The van der Waals surface area contributed by atoms with Crippen LogP contribution in [0.3, 0.4) is 0 Å². The second kappa shape index (κ2) is 10.4. The zero-order valence-corrected chi connectivity index (χ0v) is 17.7. The Bertz CT molecular complexity index is 547. The van der Waals surface area contributed by atoms with Gasteiger partial charge in [-0.1, -0.05) is 52.7 Å². The number of carbonyl (C=O) groups is 1. The summed E-state index contributed by atoms with van der Waals surface area (Å²) in [5.41, 5.74) is 0. The van der Waals surface area contributed by atoms with Gasteiger partial charge in [-0.05, 0) is 61.5 Å². The largest absolute Gasteiger partial charge is 0.544 e. The van der Waals surface area contributed by atoms with Gasteiger partial charge in [0.25, 0.3) is 0 Å². The molecule has 0 aromatic carbocycles. The fraction of sp³-hybridized carbons (Fsp3) is 0.571. The minimum Gasteiger partial charge on any atom is -0.544 e. The number of carbonyl (C=O) groups excluding carboxylic acids is 1. The summed E-state index contributed by atoms with van der Waals surface area (Å²) in [5.74, 6) is 6.81. The van der Waals surface area contributed by atoms with Gasteiger partial charge in [0.15, 0.2) is 0 Å². The van der Waals surface area contributed by atoms with E-state index in [4.69, 9.17) is 4.43 Å². The Morgan fingerprint density at radius 2 is 1.83 bits per heavy atom. The highest BCUT2D eigenvalue weighted by Gasteiger charge is 2.39. The Balaban J connectivity index is 4.99. The lowest BCUT2D eigenvalue weighted by molar-refractivity contribution is -0.109. The maximum atomic E-state index is 11.3. The molecule has 24 heavy (non-hydrogen) atoms. The third-order valence-electron chi connectivity index (χ3n) is 3.97. The van der Waals surface area contributed by atoms with Gasteiger partial charge in [0.2, 0.25) is 14.1 Å². The summed E-state index contributed by atoms with van der Waals surface area (Å²) in [6, 6.07) is 0. The maximum absolute atomic E-state index is 11.3. The summed E-state index contributed by atoms with van der Waals surface area (Å²) in [7, 11) is -1.86. The first-order valence-corrected chi connectivity index (χ1v) is 11.6. The van der Waals surface area contributed by atoms with Gasteiger partial charge in [0, 0.05) is 6.42 Å². The maximum Gasteiger partial charge on any atom is 0.250 e. The van der Waals surface area contributed by atoms with E-state index in [1.165, 1.54) is 6.08 Å². The van der Waals surface area contributed by atoms with Crippen LogP contribution >= 0.6 is 0 Å². The minimum atomic E-state index is -1.86. The predicted octanol–water partition coefficient (Wildman–Crippen LogP) is 6.03. The lowest BCUT2D eigenvalue weighted by Crippen LogP contribution is -2.40. The van der Waals surface area contributed by atoms with Gasteiger partial charge in [0.05, 0.1) is 5.76 Å². The zero-order chi connectivity index (χ0) is 18.8. The Kier molecular flexibility index (Phi) is 9.69. The summed E-state index contributed by atoms with van der Waals surface area (Å²) in [4.78, 5) is 11.3. The molecule has 0 spiro atoms. The van der Waals surface area contributed by atoms with Crippen LogP contribution in [0.15, 0.2) is 36.1 Å². The molecule has 0 bridgehead atoms. The summed E-state index contributed by atoms with van der Waals surface area (Å²) < 4.78 is 6.41. The highest BCUT2D eigenvalue weighted by Crippen LogP contribution is 2.38. The van der Waals surface area contributed by atoms with Crippen LogP contribution in [0.4, 0.5) is 0 Å². The second-order valence-corrected chi connectivity index (χ2v) is 12.5. The van der Waals surface area contributed by atoms with Crippen molar-refractivity contribution in [2.75, 3.05) is 0 Å². The van der Waals surface area contributed by atoms with E-state index in [-0.39, 0.29) is 10.8 Å². The third-order valence-corrected chi connectivity index (χ3v) is 8.33. The molecule has 134 valence electrons. The van der Waals surface area contributed by atoms with E-state index in [1.54, 1.807) is 6.08 Å². The molecule has 0 unspecified atom stereocenters. The first-order chi connectivity index (χ1) is 11.0. The minimum absolute atomic E-state index is 0.140. The van der Waals surface area contributed by atoms with Crippen LogP contribution in [0, 0.1) is 17.8 Å². The fourth-order valence-corrected chi connectivity index (χ4v) is 2.55. The van der Waals surface area contributed by atoms with Gasteiger partial charge in [-0.2, -0.15) is 0 Å². The average molecular weight is 347 g/mol. The topological polar surface area (TPSA) is 26.3 Å². The predicted molar refractivity (Wildman–Crippen MR) is 107 cm³/mol. The zero-order valence-electron chi connectivity index (χ0n) is 16.7. The van der Waals surface area contributed by atoms with Crippen molar-refractivity contribution < 1.29 is 9.22 Å². The van der Waals surface area contributed by atoms with Gasteiger partial charge < -0.3 is 4.43 Å². The van der Waals surface area contributed by atoms with Crippen LogP contribution in [0.2, 0.25) is 18.1 Å². The number of unbranched alkanes of at least 4 members (excludes halogenated alkanes) is 1. The summed E-state index contributed by atoms with van der Waals surface area (Å²) in [6.45, 7) is 17.3. The first kappa shape index (κ1) is 22.5. The Morgan fingerprint density at radius 1 is 1.21 bits per heavy atom. The Labute approximate surface area is 150 Å². The van der Waals surface area contributed by atoms with Crippen LogP contribution in [-0.4, -0.2) is 14.1 Å². The molecule has 0 amide bonds. The summed E-state index contributed by atoms with van der Waals surface area (Å²) in [5, 5.41) is 0.163. The lowest BCUT2D eigenvalue weighted by Gasteiger charge is -2.36. The number of allylic oxidation sites excluding steroid dienone is 5. The smallest absolute Gasteiger partial charge is 0.250 e. The lowest BCUT2D eigenvalue weighted by atomic mass is 10.2. The van der Waals surface area contributed by atoms with Gasteiger partial charge in [-0.15, -0.1) is 0 Å². The molecule has 2 nitrogen and oxygen atoms in total. The highest BCUT2D eigenvalue weighted by molar-refractivity contribution is 6.74. The van der Waals surface area contributed by atoms with Crippen molar-refractivity contribution >= 4 is 14.1 Å². The SMILES string of the molecule is C/C=C/C(=O)C#CCC/C=C(\C=C\C(C)C)O[Si](C)(C)C(C)(C)C. The van der Waals surface area contributed by atoms with Gasteiger partial charge in [-0.25, -0.2) is 0 Å². The molecule has 0 aliphatic heterocycles. The number of ketones is 1. The molecular formula is C21H34O2Si. The van der Waals surface area contributed by atoms with Crippen molar-refractivity contribution in [1.29, 1.82) is 0 Å². The normalized spacial score (nSPS) is 13.5. The number of rotatable bonds is 7. The van der Waals surface area contributed by atoms with Crippen LogP contribution in [0.1, 0.15) is 54.4 Å². The molecule has 0 radical (unpaired) electrons. The molecule has 0 aliphatic carbocycles. The van der Waals surface area contributed by atoms with Gasteiger partial charge in [-0.3, -0.25) is 4.79 Å². The molecule has 0 saturated heterocycles. The van der Waals surface area contributed by atoms with Crippen molar-refractivity contribution in [2.45, 2.75) is 72.5 Å². The van der Waals surface area contributed by atoms with Crippen LogP contribution in [0.25, 0.3) is 0 Å². The third kappa shape index (κ3) is 9.57. The van der Waals surface area contributed by atoms with E-state index in [1.807, 2.05) is 6.92 Å². The molecule has 0 N–H and O–H groups in total. The van der Waals surface area contributed by atoms with Crippen molar-refractivity contribution in [3.05, 3.63) is 36.1 Å². The number of hydrogen-bond donors (Lipinski definition) is 0. The molecule has 0 aromatic heterocycles. The van der Waals surface area contributed by atoms with Crippen molar-refractivity contribution in [2.24, 2.45) is 5.92 Å². The Hall–Kier alpha value is -1.53. The molecular weight excluding hydrogens is 312 g/mol. The first-order valence-electron chi connectivity index (χ1n) is 8.72. The van der Waals surface area contributed by atoms with E-state index in [9.17, 15) is 4.79 Å². The summed E-state index contributed by atoms with van der Waals surface area (Å²) >= 11 is 0. The van der Waals surface area contributed by atoms with Gasteiger partial charge >= 0.3 is 0 Å². The Morgan fingerprint density at radius 3 is 2.33 bits per heavy atom. The average Bonchev–Trinajstić information content (AvgIpc) is 2.42. The van der Waals surface area contributed by atoms with Crippen LogP contribution < -0.4 is 0 Å². The quantitative estimate of drug-likeness (QED) is 0.107. The highest BCUT2D eigenvalue weighted by atomic mass is 28.4. The molecule has 0 aliphatic rings. The van der Waals surface area contributed by atoms with E-state index in [2.05, 4.69) is 77.8 Å². The van der Waals surface area contributed by atoms with E-state index < -0.39 is 8.32 Å². The fourth-order valence-electron chi connectivity index (χ4n) is 1.51.